The van der Waals surface area contributed by atoms with Gasteiger partial charge >= 0.3 is 0 Å². The molecule has 0 amide bonds. The smallest absolute Gasteiger partial charge is 0.152 e. The van der Waals surface area contributed by atoms with Crippen LogP contribution >= 0.6 is 0 Å². The van der Waals surface area contributed by atoms with Gasteiger partial charge in [0.25, 0.3) is 0 Å². The van der Waals surface area contributed by atoms with Gasteiger partial charge < -0.3 is 10.2 Å². The van der Waals surface area contributed by atoms with E-state index in [-0.39, 0.29) is 0 Å². The van der Waals surface area contributed by atoms with E-state index in [0.717, 1.165) is 33.0 Å². The van der Waals surface area contributed by atoms with Gasteiger partial charge in [0.15, 0.2) is 11.2 Å². The van der Waals surface area contributed by atoms with Crippen molar-refractivity contribution in [3.8, 4) is 0 Å². The molecule has 0 radical (unpaired) electrons. The third-order valence-electron chi connectivity index (χ3n) is 6.08. The second-order valence-corrected chi connectivity index (χ2v) is 7.87. The van der Waals surface area contributed by atoms with Gasteiger partial charge in [-0.2, -0.15) is 0 Å². The third-order valence-corrected chi connectivity index (χ3v) is 6.08. The lowest BCUT2D eigenvalue weighted by molar-refractivity contribution is -0.105. The highest BCUT2D eigenvalue weighted by Gasteiger charge is 2.59. The van der Waals surface area contributed by atoms with E-state index >= 15 is 0 Å². The van der Waals surface area contributed by atoms with Crippen LogP contribution in [-0.2, 0) is 11.2 Å². The van der Waals surface area contributed by atoms with Crippen molar-refractivity contribution >= 4 is 10.8 Å². The van der Waals surface area contributed by atoms with Crippen LogP contribution in [-0.4, -0.2) is 10.2 Å². The molecule has 2 atom stereocenters. The van der Waals surface area contributed by atoms with E-state index in [4.69, 9.17) is 0 Å². The molecule has 2 heteroatoms. The molecule has 0 unspecified atom stereocenters. The molecule has 4 aromatic carbocycles. The maximum atomic E-state index is 12.3. The number of aliphatic hydroxyl groups is 2. The summed E-state index contributed by atoms with van der Waals surface area (Å²) >= 11 is 0. The molecule has 0 aromatic heterocycles. The largest absolute Gasteiger partial charge is 0.377 e. The fraction of sp³-hybridized carbons (Fsp3) is 0.154. The standard InChI is InChI=1S/C26H22O2/c1-17-7-3-11-20(15-17)25(27)22-13-5-9-19-10-6-14-23(24(19)22)26(25,28)21-12-4-8-18(2)16-21/h3-16,27-28H,1-2H3/t25-,26-/m0/s1. The van der Waals surface area contributed by atoms with Gasteiger partial charge in [-0.15, -0.1) is 0 Å². The van der Waals surface area contributed by atoms with Crippen LogP contribution in [0, 0.1) is 13.8 Å². The summed E-state index contributed by atoms with van der Waals surface area (Å²) in [5.74, 6) is 0. The summed E-state index contributed by atoms with van der Waals surface area (Å²) in [6.45, 7) is 4.00. The van der Waals surface area contributed by atoms with Crippen LogP contribution in [0.2, 0.25) is 0 Å². The number of hydrogen-bond donors (Lipinski definition) is 2. The van der Waals surface area contributed by atoms with Crippen molar-refractivity contribution in [3.63, 3.8) is 0 Å². The van der Waals surface area contributed by atoms with Crippen molar-refractivity contribution in [2.45, 2.75) is 25.0 Å². The Kier molecular flexibility index (Phi) is 3.54. The van der Waals surface area contributed by atoms with Gasteiger partial charge in [-0.25, -0.2) is 0 Å². The molecule has 0 saturated carbocycles. The predicted molar refractivity (Wildman–Crippen MR) is 112 cm³/mol. The van der Waals surface area contributed by atoms with Gasteiger partial charge in [0.2, 0.25) is 0 Å². The zero-order chi connectivity index (χ0) is 19.5. The van der Waals surface area contributed by atoms with Crippen LogP contribution in [0.3, 0.4) is 0 Å². The molecule has 28 heavy (non-hydrogen) atoms. The predicted octanol–water partition coefficient (Wildman–Crippen LogP) is 4.94. The number of aryl methyl sites for hydroxylation is 2. The number of benzene rings is 4. The summed E-state index contributed by atoms with van der Waals surface area (Å²) in [6.07, 6.45) is 0. The fourth-order valence-corrected chi connectivity index (χ4v) is 4.80. The molecule has 1 aliphatic rings. The molecule has 1 aliphatic carbocycles. The first kappa shape index (κ1) is 17.2. The van der Waals surface area contributed by atoms with Crippen LogP contribution < -0.4 is 0 Å². The van der Waals surface area contributed by atoms with E-state index in [0.29, 0.717) is 11.1 Å². The number of rotatable bonds is 2. The molecule has 0 fully saturated rings. The normalized spacial score (nSPS) is 23.3. The lowest BCUT2D eigenvalue weighted by atomic mass is 9.71. The number of hydrogen-bond acceptors (Lipinski definition) is 2. The molecule has 2 nitrogen and oxygen atoms in total. The highest BCUT2D eigenvalue weighted by Crippen LogP contribution is 2.58. The van der Waals surface area contributed by atoms with Gasteiger partial charge in [-0.1, -0.05) is 96.1 Å². The average Bonchev–Trinajstić information content (AvgIpc) is 2.91. The average molecular weight is 366 g/mol. The first-order valence-corrected chi connectivity index (χ1v) is 9.58. The molecule has 2 N–H and O–H groups in total. The molecule has 0 heterocycles. The van der Waals surface area contributed by atoms with Crippen LogP contribution in [0.25, 0.3) is 10.8 Å². The lowest BCUT2D eigenvalue weighted by Gasteiger charge is -2.41. The molecule has 0 saturated heterocycles. The maximum absolute atomic E-state index is 12.3. The minimum absolute atomic E-state index is 0.695. The van der Waals surface area contributed by atoms with Gasteiger partial charge in [0.05, 0.1) is 0 Å². The first-order valence-electron chi connectivity index (χ1n) is 9.58. The van der Waals surface area contributed by atoms with Crippen LogP contribution in [0.15, 0.2) is 84.9 Å². The summed E-state index contributed by atoms with van der Waals surface area (Å²) in [6, 6.07) is 27.4. The monoisotopic (exact) mass is 366 g/mol. The maximum Gasteiger partial charge on any atom is 0.152 e. The first-order chi connectivity index (χ1) is 13.5. The Morgan fingerprint density at radius 1 is 0.571 bits per heavy atom. The molecule has 138 valence electrons. The van der Waals surface area contributed by atoms with Crippen molar-refractivity contribution in [2.75, 3.05) is 0 Å². The second-order valence-electron chi connectivity index (χ2n) is 7.87. The van der Waals surface area contributed by atoms with Crippen LogP contribution in [0.4, 0.5) is 0 Å². The van der Waals surface area contributed by atoms with Gasteiger partial charge in [-0.05, 0) is 46.9 Å². The highest BCUT2D eigenvalue weighted by molar-refractivity contribution is 5.95. The molecule has 0 bridgehead atoms. The van der Waals surface area contributed by atoms with E-state index in [2.05, 4.69) is 0 Å². The summed E-state index contributed by atoms with van der Waals surface area (Å²) in [7, 11) is 0. The SMILES string of the molecule is Cc1cccc([C@]2(O)c3cccc4cccc(c34)[C@@]2(O)c2cccc(C)c2)c1. The molecule has 4 aromatic rings. The zero-order valence-corrected chi connectivity index (χ0v) is 16.0. The van der Waals surface area contributed by atoms with Gasteiger partial charge in [0.1, 0.15) is 0 Å². The summed E-state index contributed by atoms with van der Waals surface area (Å²) in [4.78, 5) is 0. The second kappa shape index (κ2) is 5.78. The molecule has 5 rings (SSSR count). The van der Waals surface area contributed by atoms with Crippen LogP contribution in [0.1, 0.15) is 33.4 Å². The topological polar surface area (TPSA) is 40.5 Å². The summed E-state index contributed by atoms with van der Waals surface area (Å²) in [5, 5.41) is 26.6. The van der Waals surface area contributed by atoms with Gasteiger partial charge in [0, 0.05) is 0 Å². The Bertz CT molecular complexity index is 1130. The quantitative estimate of drug-likeness (QED) is 0.527. The lowest BCUT2D eigenvalue weighted by Crippen LogP contribution is -2.47. The fourth-order valence-electron chi connectivity index (χ4n) is 4.80. The Morgan fingerprint density at radius 2 is 1.00 bits per heavy atom. The van der Waals surface area contributed by atoms with Crippen molar-refractivity contribution < 1.29 is 10.2 Å². The van der Waals surface area contributed by atoms with E-state index in [1.54, 1.807) is 0 Å². The molecule has 0 spiro atoms. The minimum Gasteiger partial charge on any atom is -0.377 e. The van der Waals surface area contributed by atoms with E-state index in [9.17, 15) is 10.2 Å². The Labute approximate surface area is 164 Å². The Balaban J connectivity index is 1.95. The van der Waals surface area contributed by atoms with Crippen molar-refractivity contribution in [3.05, 3.63) is 118 Å². The third kappa shape index (κ3) is 2.05. The zero-order valence-electron chi connectivity index (χ0n) is 16.0. The Hall–Kier alpha value is -2.94. The van der Waals surface area contributed by atoms with Crippen LogP contribution in [0.5, 0.6) is 0 Å². The summed E-state index contributed by atoms with van der Waals surface area (Å²) in [5.41, 5.74) is 1.79. The molecular weight excluding hydrogens is 344 g/mol. The van der Waals surface area contributed by atoms with E-state index in [1.807, 2.05) is 98.8 Å². The highest BCUT2D eigenvalue weighted by atomic mass is 16.4. The van der Waals surface area contributed by atoms with E-state index in [1.165, 1.54) is 0 Å². The molecule has 0 aliphatic heterocycles. The summed E-state index contributed by atoms with van der Waals surface area (Å²) < 4.78 is 0. The van der Waals surface area contributed by atoms with Gasteiger partial charge in [-0.3, -0.25) is 0 Å². The van der Waals surface area contributed by atoms with Crippen molar-refractivity contribution in [1.29, 1.82) is 0 Å². The Morgan fingerprint density at radius 3 is 1.43 bits per heavy atom. The molecular formula is C26H22O2. The van der Waals surface area contributed by atoms with Crippen molar-refractivity contribution in [1.82, 2.24) is 0 Å². The van der Waals surface area contributed by atoms with Crippen molar-refractivity contribution in [2.24, 2.45) is 0 Å². The minimum atomic E-state index is -1.59. The van der Waals surface area contributed by atoms with E-state index < -0.39 is 11.2 Å².